The first-order chi connectivity index (χ1) is 8.45. The van der Waals surface area contributed by atoms with E-state index in [-0.39, 0.29) is 11.1 Å². The van der Waals surface area contributed by atoms with Gasteiger partial charge in [0.25, 0.3) is 0 Å². The van der Waals surface area contributed by atoms with E-state index in [1.165, 1.54) is 17.7 Å². The fourth-order valence-corrected chi connectivity index (χ4v) is 3.48. The van der Waals surface area contributed by atoms with E-state index < -0.39 is 0 Å². The molecule has 1 aromatic heterocycles. The molecule has 3 nitrogen and oxygen atoms in total. The molecule has 0 atom stereocenters. The minimum absolute atomic E-state index is 0.0926. The third kappa shape index (κ3) is 3.11. The molecule has 0 amide bonds. The number of aromatic nitrogens is 1. The molecule has 4 heteroatoms. The maximum absolute atomic E-state index is 5.77. The van der Waals surface area contributed by atoms with Crippen LogP contribution in [0.2, 0.25) is 0 Å². The summed E-state index contributed by atoms with van der Waals surface area (Å²) in [4.78, 5) is 5.89. The standard InChI is InChI=1S/C14H24N2OS/c1-13(2,3)16-10-11-9-15-12(18-11)14(17-4)7-5-6-8-14/h9,16H,5-8,10H2,1-4H3. The Balaban J connectivity index is 2.05. The second-order valence-corrected chi connectivity index (χ2v) is 7.26. The zero-order valence-corrected chi connectivity index (χ0v) is 12.7. The van der Waals surface area contributed by atoms with Crippen molar-refractivity contribution in [2.75, 3.05) is 7.11 Å². The first-order valence-electron chi connectivity index (χ1n) is 6.71. The van der Waals surface area contributed by atoms with Gasteiger partial charge in [0.05, 0.1) is 0 Å². The van der Waals surface area contributed by atoms with Crippen LogP contribution in [0.3, 0.4) is 0 Å². The highest BCUT2D eigenvalue weighted by Crippen LogP contribution is 2.43. The molecule has 1 saturated carbocycles. The zero-order chi connectivity index (χ0) is 13.2. The topological polar surface area (TPSA) is 34.1 Å². The van der Waals surface area contributed by atoms with Crippen LogP contribution in [-0.2, 0) is 16.9 Å². The van der Waals surface area contributed by atoms with Crippen LogP contribution in [0.1, 0.15) is 56.3 Å². The van der Waals surface area contributed by atoms with E-state index in [0.717, 1.165) is 24.4 Å². The average molecular weight is 268 g/mol. The van der Waals surface area contributed by atoms with Crippen LogP contribution >= 0.6 is 11.3 Å². The quantitative estimate of drug-likeness (QED) is 0.908. The predicted molar refractivity (Wildman–Crippen MR) is 75.9 cm³/mol. The molecule has 0 saturated heterocycles. The van der Waals surface area contributed by atoms with Crippen LogP contribution in [0.15, 0.2) is 6.20 Å². The molecule has 0 radical (unpaired) electrons. The number of nitrogens with one attached hydrogen (secondary N) is 1. The first-order valence-corrected chi connectivity index (χ1v) is 7.52. The van der Waals surface area contributed by atoms with Gasteiger partial charge in [0.2, 0.25) is 0 Å². The number of hydrogen-bond acceptors (Lipinski definition) is 4. The van der Waals surface area contributed by atoms with Crippen LogP contribution in [0, 0.1) is 0 Å². The summed E-state index contributed by atoms with van der Waals surface area (Å²) in [6.07, 6.45) is 6.73. The second kappa shape index (κ2) is 5.27. The molecule has 18 heavy (non-hydrogen) atoms. The Bertz CT molecular complexity index is 389. The third-order valence-electron chi connectivity index (χ3n) is 3.54. The summed E-state index contributed by atoms with van der Waals surface area (Å²) in [6, 6.07) is 0. The summed E-state index contributed by atoms with van der Waals surface area (Å²) in [5.41, 5.74) is 0.0567. The monoisotopic (exact) mass is 268 g/mol. The fourth-order valence-electron chi connectivity index (χ4n) is 2.40. The van der Waals surface area contributed by atoms with E-state index in [4.69, 9.17) is 4.74 Å². The van der Waals surface area contributed by atoms with Crippen molar-refractivity contribution in [3.05, 3.63) is 16.1 Å². The molecule has 1 heterocycles. The summed E-state index contributed by atoms with van der Waals surface area (Å²) >= 11 is 1.80. The number of methoxy groups -OCH3 is 1. The van der Waals surface area contributed by atoms with Gasteiger partial charge in [-0.2, -0.15) is 0 Å². The summed E-state index contributed by atoms with van der Waals surface area (Å²) in [5, 5.41) is 4.66. The highest BCUT2D eigenvalue weighted by Gasteiger charge is 2.38. The van der Waals surface area contributed by atoms with Crippen molar-refractivity contribution in [2.45, 2.75) is 64.1 Å². The van der Waals surface area contributed by atoms with Gasteiger partial charge in [0.1, 0.15) is 10.6 Å². The maximum Gasteiger partial charge on any atom is 0.125 e. The van der Waals surface area contributed by atoms with Crippen LogP contribution in [0.5, 0.6) is 0 Å². The molecule has 0 spiro atoms. The lowest BCUT2D eigenvalue weighted by molar-refractivity contribution is -0.00885. The molecule has 1 aromatic rings. The number of rotatable bonds is 4. The molecule has 0 aliphatic heterocycles. The maximum atomic E-state index is 5.77. The predicted octanol–water partition coefficient (Wildman–Crippen LogP) is 3.45. The second-order valence-electron chi connectivity index (χ2n) is 6.14. The van der Waals surface area contributed by atoms with Crippen molar-refractivity contribution in [1.82, 2.24) is 10.3 Å². The molecule has 102 valence electrons. The Morgan fingerprint density at radius 2 is 2.06 bits per heavy atom. The van der Waals surface area contributed by atoms with Crippen molar-refractivity contribution >= 4 is 11.3 Å². The number of hydrogen-bond donors (Lipinski definition) is 1. The van der Waals surface area contributed by atoms with Crippen LogP contribution in [0.4, 0.5) is 0 Å². The molecule has 0 unspecified atom stereocenters. The van der Waals surface area contributed by atoms with E-state index in [9.17, 15) is 0 Å². The molecular weight excluding hydrogens is 244 g/mol. The Morgan fingerprint density at radius 3 is 2.61 bits per heavy atom. The van der Waals surface area contributed by atoms with Crippen LogP contribution < -0.4 is 5.32 Å². The lowest BCUT2D eigenvalue weighted by atomic mass is 10.0. The van der Waals surface area contributed by atoms with Gasteiger partial charge in [0, 0.05) is 30.3 Å². The zero-order valence-electron chi connectivity index (χ0n) is 11.9. The Labute approximate surface area is 114 Å². The van der Waals surface area contributed by atoms with Crippen molar-refractivity contribution in [3.63, 3.8) is 0 Å². The minimum atomic E-state index is -0.0926. The van der Waals surface area contributed by atoms with E-state index in [1.54, 1.807) is 11.3 Å². The summed E-state index contributed by atoms with van der Waals surface area (Å²) in [7, 11) is 1.82. The van der Waals surface area contributed by atoms with E-state index >= 15 is 0 Å². The van der Waals surface area contributed by atoms with Gasteiger partial charge in [-0.1, -0.05) is 12.8 Å². The molecule has 1 N–H and O–H groups in total. The Morgan fingerprint density at radius 1 is 1.39 bits per heavy atom. The van der Waals surface area contributed by atoms with Gasteiger partial charge in [-0.05, 0) is 33.6 Å². The first kappa shape index (κ1) is 14.0. The van der Waals surface area contributed by atoms with E-state index in [2.05, 4.69) is 31.1 Å². The van der Waals surface area contributed by atoms with E-state index in [0.29, 0.717) is 0 Å². The minimum Gasteiger partial charge on any atom is -0.371 e. The van der Waals surface area contributed by atoms with Gasteiger partial charge in [-0.25, -0.2) is 4.98 Å². The number of thiazole rings is 1. The van der Waals surface area contributed by atoms with Crippen molar-refractivity contribution in [1.29, 1.82) is 0 Å². The van der Waals surface area contributed by atoms with Crippen LogP contribution in [0.25, 0.3) is 0 Å². The third-order valence-corrected chi connectivity index (χ3v) is 4.72. The van der Waals surface area contributed by atoms with Gasteiger partial charge in [0.15, 0.2) is 0 Å². The van der Waals surface area contributed by atoms with Gasteiger partial charge < -0.3 is 10.1 Å². The van der Waals surface area contributed by atoms with Crippen molar-refractivity contribution in [2.24, 2.45) is 0 Å². The molecule has 0 aromatic carbocycles. The summed E-state index contributed by atoms with van der Waals surface area (Å²) in [6.45, 7) is 7.44. The normalized spacial score (nSPS) is 19.3. The van der Waals surface area contributed by atoms with Crippen LogP contribution in [-0.4, -0.2) is 17.6 Å². The Kier molecular flexibility index (Phi) is 4.09. The van der Waals surface area contributed by atoms with Crippen molar-refractivity contribution < 1.29 is 4.74 Å². The van der Waals surface area contributed by atoms with Crippen molar-refractivity contribution in [3.8, 4) is 0 Å². The highest BCUT2D eigenvalue weighted by molar-refractivity contribution is 7.11. The van der Waals surface area contributed by atoms with E-state index in [1.807, 2.05) is 13.3 Å². The smallest absolute Gasteiger partial charge is 0.125 e. The summed E-state index contributed by atoms with van der Waals surface area (Å²) < 4.78 is 5.77. The fraction of sp³-hybridized carbons (Fsp3) is 0.786. The number of ether oxygens (including phenoxy) is 1. The lowest BCUT2D eigenvalue weighted by Gasteiger charge is -2.24. The SMILES string of the molecule is COC1(c2ncc(CNC(C)(C)C)s2)CCCC1. The van der Waals surface area contributed by atoms with Gasteiger partial charge in [-0.3, -0.25) is 0 Å². The molecule has 1 aliphatic rings. The number of nitrogens with zero attached hydrogens (tertiary/aromatic N) is 1. The van der Waals surface area contributed by atoms with Gasteiger partial charge >= 0.3 is 0 Å². The molecular formula is C14H24N2OS. The highest BCUT2D eigenvalue weighted by atomic mass is 32.1. The lowest BCUT2D eigenvalue weighted by Crippen LogP contribution is -2.34. The Hall–Kier alpha value is -0.450. The molecule has 2 rings (SSSR count). The van der Waals surface area contributed by atoms with Gasteiger partial charge in [-0.15, -0.1) is 11.3 Å². The summed E-state index contributed by atoms with van der Waals surface area (Å²) in [5.74, 6) is 0. The largest absolute Gasteiger partial charge is 0.371 e. The molecule has 1 fully saturated rings. The molecule has 1 aliphatic carbocycles. The average Bonchev–Trinajstić information content (AvgIpc) is 2.95. The molecule has 0 bridgehead atoms.